The molecule has 0 saturated heterocycles. The zero-order valence-electron chi connectivity index (χ0n) is 8.98. The molecule has 16 heavy (non-hydrogen) atoms. The minimum Gasteiger partial charge on any atom is -0.489 e. The summed E-state index contributed by atoms with van der Waals surface area (Å²) in [7, 11) is 0. The van der Waals surface area contributed by atoms with Crippen molar-refractivity contribution in [3.8, 4) is 5.75 Å². The van der Waals surface area contributed by atoms with Crippen LogP contribution in [0, 0.1) is 0 Å². The molecule has 0 aromatic heterocycles. The van der Waals surface area contributed by atoms with E-state index in [1.165, 1.54) is 6.07 Å². The monoisotopic (exact) mass is 218 g/mol. The molecule has 0 radical (unpaired) electrons. The first-order valence-electron chi connectivity index (χ1n) is 4.90. The van der Waals surface area contributed by atoms with Crippen LogP contribution in [0.1, 0.15) is 15.9 Å². The van der Waals surface area contributed by atoms with Crippen LogP contribution in [-0.4, -0.2) is 17.7 Å². The molecule has 0 atom stereocenters. The largest absolute Gasteiger partial charge is 0.489 e. The first-order valence-corrected chi connectivity index (χ1v) is 4.90. The number of rotatable bonds is 6. The van der Waals surface area contributed by atoms with Gasteiger partial charge in [-0.3, -0.25) is 0 Å². The fourth-order valence-electron chi connectivity index (χ4n) is 1.32. The number of carbonyl (C=O) groups is 1. The van der Waals surface area contributed by atoms with E-state index >= 15 is 0 Å². The van der Waals surface area contributed by atoms with Crippen molar-refractivity contribution in [2.24, 2.45) is 0 Å². The lowest BCUT2D eigenvalue weighted by Gasteiger charge is -2.09. The SMILES string of the molecule is C=CCOc1ccc(C(=O)O)cc1CC=C. The second-order valence-corrected chi connectivity index (χ2v) is 3.22. The van der Waals surface area contributed by atoms with Crippen molar-refractivity contribution in [1.29, 1.82) is 0 Å². The van der Waals surface area contributed by atoms with Gasteiger partial charge in [0.2, 0.25) is 0 Å². The van der Waals surface area contributed by atoms with Gasteiger partial charge in [0, 0.05) is 0 Å². The maximum absolute atomic E-state index is 10.8. The predicted octanol–water partition coefficient (Wildman–Crippen LogP) is 2.68. The molecular formula is C13H14O3. The van der Waals surface area contributed by atoms with E-state index in [1.54, 1.807) is 24.3 Å². The van der Waals surface area contributed by atoms with E-state index in [9.17, 15) is 4.79 Å². The van der Waals surface area contributed by atoms with E-state index in [0.29, 0.717) is 18.8 Å². The van der Waals surface area contributed by atoms with Crippen LogP contribution in [0.4, 0.5) is 0 Å². The first-order chi connectivity index (χ1) is 7.69. The summed E-state index contributed by atoms with van der Waals surface area (Å²) in [5, 5.41) is 8.86. The number of allylic oxidation sites excluding steroid dienone is 1. The number of carboxylic acids is 1. The second-order valence-electron chi connectivity index (χ2n) is 3.22. The lowest BCUT2D eigenvalue weighted by molar-refractivity contribution is 0.0696. The predicted molar refractivity (Wildman–Crippen MR) is 63.0 cm³/mol. The molecule has 84 valence electrons. The van der Waals surface area contributed by atoms with Gasteiger partial charge in [0.05, 0.1) is 5.56 Å². The van der Waals surface area contributed by atoms with Crippen LogP contribution in [-0.2, 0) is 6.42 Å². The number of benzene rings is 1. The van der Waals surface area contributed by atoms with Crippen molar-refractivity contribution in [3.05, 3.63) is 54.6 Å². The molecule has 0 unspecified atom stereocenters. The Labute approximate surface area is 94.7 Å². The third-order valence-electron chi connectivity index (χ3n) is 2.03. The number of carboxylic acid groups (broad SMARTS) is 1. The van der Waals surface area contributed by atoms with E-state index in [0.717, 1.165) is 5.56 Å². The Morgan fingerprint density at radius 3 is 2.69 bits per heavy atom. The fourth-order valence-corrected chi connectivity index (χ4v) is 1.32. The normalized spacial score (nSPS) is 9.50. The van der Waals surface area contributed by atoms with Gasteiger partial charge in [0.1, 0.15) is 12.4 Å². The Bertz CT molecular complexity index is 408. The highest BCUT2D eigenvalue weighted by Gasteiger charge is 2.08. The smallest absolute Gasteiger partial charge is 0.335 e. The maximum Gasteiger partial charge on any atom is 0.335 e. The highest BCUT2D eigenvalue weighted by molar-refractivity contribution is 5.88. The lowest BCUT2D eigenvalue weighted by atomic mass is 10.1. The van der Waals surface area contributed by atoms with Crippen molar-refractivity contribution in [1.82, 2.24) is 0 Å². The number of ether oxygens (including phenoxy) is 1. The van der Waals surface area contributed by atoms with Gasteiger partial charge >= 0.3 is 5.97 Å². The van der Waals surface area contributed by atoms with Crippen molar-refractivity contribution in [2.75, 3.05) is 6.61 Å². The molecule has 0 fully saturated rings. The molecule has 1 aromatic rings. The third-order valence-corrected chi connectivity index (χ3v) is 2.03. The Morgan fingerprint density at radius 1 is 1.38 bits per heavy atom. The molecule has 3 heteroatoms. The number of aromatic carboxylic acids is 1. The molecule has 0 bridgehead atoms. The second kappa shape index (κ2) is 5.75. The fraction of sp³-hybridized carbons (Fsp3) is 0.154. The molecule has 0 aliphatic heterocycles. The topological polar surface area (TPSA) is 46.5 Å². The van der Waals surface area contributed by atoms with Crippen molar-refractivity contribution in [2.45, 2.75) is 6.42 Å². The maximum atomic E-state index is 10.8. The summed E-state index contributed by atoms with van der Waals surface area (Å²) in [4.78, 5) is 10.8. The minimum atomic E-state index is -0.944. The van der Waals surface area contributed by atoms with E-state index in [-0.39, 0.29) is 5.56 Å². The zero-order valence-corrected chi connectivity index (χ0v) is 8.98. The molecule has 1 aromatic carbocycles. The van der Waals surface area contributed by atoms with Crippen LogP contribution in [0.3, 0.4) is 0 Å². The van der Waals surface area contributed by atoms with Crippen LogP contribution in [0.5, 0.6) is 5.75 Å². The van der Waals surface area contributed by atoms with Crippen molar-refractivity contribution in [3.63, 3.8) is 0 Å². The summed E-state index contributed by atoms with van der Waals surface area (Å²) in [5.74, 6) is -0.273. The Kier molecular flexibility index (Phi) is 4.33. The van der Waals surface area contributed by atoms with Crippen molar-refractivity contribution < 1.29 is 14.6 Å². The zero-order chi connectivity index (χ0) is 12.0. The van der Waals surface area contributed by atoms with Crippen LogP contribution >= 0.6 is 0 Å². The molecule has 1 N–H and O–H groups in total. The van der Waals surface area contributed by atoms with E-state index in [4.69, 9.17) is 9.84 Å². The van der Waals surface area contributed by atoms with Crippen molar-refractivity contribution >= 4 is 5.97 Å². The van der Waals surface area contributed by atoms with Gasteiger partial charge in [0.15, 0.2) is 0 Å². The molecule has 0 amide bonds. The first kappa shape index (κ1) is 12.0. The van der Waals surface area contributed by atoms with E-state index in [2.05, 4.69) is 13.2 Å². The van der Waals surface area contributed by atoms with Gasteiger partial charge in [-0.1, -0.05) is 18.7 Å². The standard InChI is InChI=1S/C13H14O3/c1-3-5-10-9-11(13(14)15)6-7-12(10)16-8-4-2/h3-4,6-7,9H,1-2,5,8H2,(H,14,15). The van der Waals surface area contributed by atoms with Gasteiger partial charge in [-0.25, -0.2) is 4.79 Å². The van der Waals surface area contributed by atoms with Gasteiger partial charge < -0.3 is 9.84 Å². The van der Waals surface area contributed by atoms with Gasteiger partial charge in [-0.05, 0) is 30.2 Å². The molecule has 0 heterocycles. The van der Waals surface area contributed by atoms with Crippen LogP contribution in [0.25, 0.3) is 0 Å². The Hall–Kier alpha value is -2.03. The molecule has 0 spiro atoms. The quantitative estimate of drug-likeness (QED) is 0.747. The highest BCUT2D eigenvalue weighted by Crippen LogP contribution is 2.21. The lowest BCUT2D eigenvalue weighted by Crippen LogP contribution is -2.01. The average Bonchev–Trinajstić information content (AvgIpc) is 2.27. The van der Waals surface area contributed by atoms with Gasteiger partial charge in [0.25, 0.3) is 0 Å². The molecular weight excluding hydrogens is 204 g/mol. The molecule has 1 rings (SSSR count). The molecule has 0 aliphatic rings. The number of hydrogen-bond donors (Lipinski definition) is 1. The number of hydrogen-bond acceptors (Lipinski definition) is 2. The summed E-state index contributed by atoms with van der Waals surface area (Å²) in [6.45, 7) is 7.59. The highest BCUT2D eigenvalue weighted by atomic mass is 16.5. The Morgan fingerprint density at radius 2 is 2.12 bits per heavy atom. The summed E-state index contributed by atoms with van der Waals surface area (Å²) < 4.78 is 5.41. The summed E-state index contributed by atoms with van der Waals surface area (Å²) in [6, 6.07) is 4.78. The Balaban J connectivity index is 3.02. The van der Waals surface area contributed by atoms with Gasteiger partial charge in [-0.2, -0.15) is 0 Å². The van der Waals surface area contributed by atoms with Crippen LogP contribution in [0.2, 0.25) is 0 Å². The average molecular weight is 218 g/mol. The van der Waals surface area contributed by atoms with E-state index in [1.807, 2.05) is 0 Å². The van der Waals surface area contributed by atoms with Crippen LogP contribution in [0.15, 0.2) is 43.5 Å². The molecule has 0 aliphatic carbocycles. The van der Waals surface area contributed by atoms with Gasteiger partial charge in [-0.15, -0.1) is 6.58 Å². The molecule has 3 nitrogen and oxygen atoms in total. The summed E-state index contributed by atoms with van der Waals surface area (Å²) >= 11 is 0. The minimum absolute atomic E-state index is 0.253. The molecule has 0 saturated carbocycles. The van der Waals surface area contributed by atoms with E-state index < -0.39 is 5.97 Å². The van der Waals surface area contributed by atoms with Crippen LogP contribution < -0.4 is 4.74 Å². The summed E-state index contributed by atoms with van der Waals surface area (Å²) in [6.07, 6.45) is 3.93. The third kappa shape index (κ3) is 2.98. The summed E-state index contributed by atoms with van der Waals surface area (Å²) in [5.41, 5.74) is 1.07.